The third-order valence-electron chi connectivity index (χ3n) is 2.64. The van der Waals surface area contributed by atoms with Crippen molar-refractivity contribution in [3.63, 3.8) is 0 Å². The van der Waals surface area contributed by atoms with Crippen LogP contribution in [0.25, 0.3) is 0 Å². The normalized spacial score (nSPS) is 9.57. The number of pyridine rings is 1. The standard InChI is InChI=1S/C16H14N2O3/c19-9-1-2-12-7-8-17-15(10-12)18-16(21)11-13-3-5-14(20)6-4-13/h3-8,10,19-20H,9,11H2,(H,17,18,21). The van der Waals surface area contributed by atoms with Gasteiger partial charge in [-0.3, -0.25) is 4.79 Å². The molecular formula is C16H14N2O3. The Labute approximate surface area is 122 Å². The van der Waals surface area contributed by atoms with E-state index in [1.807, 2.05) is 0 Å². The third-order valence-corrected chi connectivity index (χ3v) is 2.64. The summed E-state index contributed by atoms with van der Waals surface area (Å²) >= 11 is 0. The third kappa shape index (κ3) is 4.64. The zero-order chi connectivity index (χ0) is 15.1. The molecule has 0 bridgehead atoms. The molecule has 0 aliphatic rings. The minimum atomic E-state index is -0.217. The van der Waals surface area contributed by atoms with Crippen molar-refractivity contribution in [1.29, 1.82) is 0 Å². The molecule has 0 spiro atoms. The maximum Gasteiger partial charge on any atom is 0.229 e. The largest absolute Gasteiger partial charge is 0.508 e. The van der Waals surface area contributed by atoms with E-state index in [2.05, 4.69) is 22.1 Å². The van der Waals surface area contributed by atoms with E-state index in [0.717, 1.165) is 5.56 Å². The average Bonchev–Trinajstić information content (AvgIpc) is 2.48. The summed E-state index contributed by atoms with van der Waals surface area (Å²) in [7, 11) is 0. The van der Waals surface area contributed by atoms with Crippen molar-refractivity contribution >= 4 is 11.7 Å². The highest BCUT2D eigenvalue weighted by molar-refractivity contribution is 5.91. The Kier molecular flexibility index (Phi) is 4.91. The molecule has 0 fully saturated rings. The van der Waals surface area contributed by atoms with Gasteiger partial charge >= 0.3 is 0 Å². The van der Waals surface area contributed by atoms with Crippen LogP contribution in [0.15, 0.2) is 42.6 Å². The van der Waals surface area contributed by atoms with Gasteiger partial charge in [-0.1, -0.05) is 24.0 Å². The SMILES string of the molecule is O=C(Cc1ccc(O)cc1)Nc1cc(C#CCO)ccn1. The number of nitrogens with zero attached hydrogens (tertiary/aromatic N) is 1. The minimum absolute atomic E-state index is 0.163. The first kappa shape index (κ1) is 14.6. The molecule has 0 atom stereocenters. The lowest BCUT2D eigenvalue weighted by Gasteiger charge is -2.05. The Balaban J connectivity index is 2.00. The molecule has 0 saturated heterocycles. The molecule has 0 aliphatic carbocycles. The summed E-state index contributed by atoms with van der Waals surface area (Å²) in [5.74, 6) is 5.64. The van der Waals surface area contributed by atoms with Gasteiger partial charge in [-0.15, -0.1) is 0 Å². The van der Waals surface area contributed by atoms with Crippen LogP contribution in [0.4, 0.5) is 5.82 Å². The van der Waals surface area contributed by atoms with Gasteiger partial charge in [0.15, 0.2) is 0 Å². The Bertz CT molecular complexity index is 685. The molecule has 21 heavy (non-hydrogen) atoms. The number of hydrogen-bond donors (Lipinski definition) is 3. The maximum absolute atomic E-state index is 11.9. The molecule has 106 valence electrons. The maximum atomic E-state index is 11.9. The number of aliphatic hydroxyl groups excluding tert-OH is 1. The topological polar surface area (TPSA) is 82.5 Å². The van der Waals surface area contributed by atoms with E-state index in [-0.39, 0.29) is 24.7 Å². The summed E-state index contributed by atoms with van der Waals surface area (Å²) in [6, 6.07) is 9.77. The number of amides is 1. The number of benzene rings is 1. The number of phenols is 1. The van der Waals surface area contributed by atoms with Gasteiger partial charge in [-0.25, -0.2) is 4.98 Å². The summed E-state index contributed by atoms with van der Waals surface area (Å²) in [5, 5.41) is 20.5. The van der Waals surface area contributed by atoms with Crippen molar-refractivity contribution < 1.29 is 15.0 Å². The summed E-state index contributed by atoms with van der Waals surface area (Å²) in [6.45, 7) is -0.217. The van der Waals surface area contributed by atoms with E-state index >= 15 is 0 Å². The predicted molar refractivity (Wildman–Crippen MR) is 78.6 cm³/mol. The molecule has 3 N–H and O–H groups in total. The first-order chi connectivity index (χ1) is 10.2. The van der Waals surface area contributed by atoms with Crippen molar-refractivity contribution in [3.05, 3.63) is 53.7 Å². The van der Waals surface area contributed by atoms with Gasteiger partial charge < -0.3 is 15.5 Å². The van der Waals surface area contributed by atoms with E-state index in [0.29, 0.717) is 11.4 Å². The van der Waals surface area contributed by atoms with E-state index in [9.17, 15) is 9.90 Å². The second kappa shape index (κ2) is 7.08. The summed E-state index contributed by atoms with van der Waals surface area (Å²) in [6.07, 6.45) is 1.73. The predicted octanol–water partition coefficient (Wildman–Crippen LogP) is 1.31. The van der Waals surface area contributed by atoms with Crippen molar-refractivity contribution in [2.24, 2.45) is 0 Å². The quantitative estimate of drug-likeness (QED) is 0.741. The molecule has 5 heteroatoms. The number of nitrogens with one attached hydrogen (secondary N) is 1. The van der Waals surface area contributed by atoms with Crippen LogP contribution in [0.3, 0.4) is 0 Å². The number of aromatic hydroxyl groups is 1. The van der Waals surface area contributed by atoms with Crippen molar-refractivity contribution in [2.75, 3.05) is 11.9 Å². The molecular weight excluding hydrogens is 268 g/mol. The number of aliphatic hydroxyl groups is 1. The fourth-order valence-corrected chi connectivity index (χ4v) is 1.70. The van der Waals surface area contributed by atoms with Crippen LogP contribution >= 0.6 is 0 Å². The van der Waals surface area contributed by atoms with E-state index in [4.69, 9.17) is 5.11 Å². The fourth-order valence-electron chi connectivity index (χ4n) is 1.70. The van der Waals surface area contributed by atoms with Gasteiger partial charge in [-0.2, -0.15) is 0 Å². The zero-order valence-electron chi connectivity index (χ0n) is 11.2. The highest BCUT2D eigenvalue weighted by Gasteiger charge is 2.05. The first-order valence-electron chi connectivity index (χ1n) is 6.31. The van der Waals surface area contributed by atoms with E-state index in [1.54, 1.807) is 24.3 Å². The second-order valence-corrected chi connectivity index (χ2v) is 4.28. The zero-order valence-corrected chi connectivity index (χ0v) is 11.2. The molecule has 1 amide bonds. The number of carbonyl (C=O) groups is 1. The smallest absolute Gasteiger partial charge is 0.229 e. The Morgan fingerprint density at radius 2 is 2.00 bits per heavy atom. The Morgan fingerprint density at radius 3 is 2.71 bits per heavy atom. The molecule has 1 heterocycles. The number of hydrogen-bond acceptors (Lipinski definition) is 4. The van der Waals surface area contributed by atoms with Crippen LogP contribution in [-0.4, -0.2) is 27.7 Å². The van der Waals surface area contributed by atoms with Gasteiger partial charge in [-0.05, 0) is 29.8 Å². The lowest BCUT2D eigenvalue weighted by atomic mass is 10.1. The van der Waals surface area contributed by atoms with Crippen LogP contribution in [-0.2, 0) is 11.2 Å². The highest BCUT2D eigenvalue weighted by atomic mass is 16.3. The number of aromatic nitrogens is 1. The van der Waals surface area contributed by atoms with Crippen molar-refractivity contribution in [3.8, 4) is 17.6 Å². The van der Waals surface area contributed by atoms with E-state index in [1.165, 1.54) is 18.3 Å². The van der Waals surface area contributed by atoms with E-state index < -0.39 is 0 Å². The van der Waals surface area contributed by atoms with Crippen molar-refractivity contribution in [2.45, 2.75) is 6.42 Å². The first-order valence-corrected chi connectivity index (χ1v) is 6.31. The molecule has 0 unspecified atom stereocenters. The number of phenolic OH excluding ortho intramolecular Hbond substituents is 1. The van der Waals surface area contributed by atoms with Crippen molar-refractivity contribution in [1.82, 2.24) is 4.98 Å². The molecule has 5 nitrogen and oxygen atoms in total. The van der Waals surface area contributed by atoms with Crippen LogP contribution in [0, 0.1) is 11.8 Å². The molecule has 1 aromatic heterocycles. The second-order valence-electron chi connectivity index (χ2n) is 4.28. The molecule has 0 saturated carbocycles. The van der Waals surface area contributed by atoms with Crippen LogP contribution in [0.1, 0.15) is 11.1 Å². The molecule has 0 aliphatic heterocycles. The molecule has 2 aromatic rings. The summed E-state index contributed by atoms with van der Waals surface area (Å²) in [4.78, 5) is 15.9. The van der Waals surface area contributed by atoms with Gasteiger partial charge in [0.05, 0.1) is 6.42 Å². The van der Waals surface area contributed by atoms with Crippen LogP contribution in [0.2, 0.25) is 0 Å². The van der Waals surface area contributed by atoms with Gasteiger partial charge in [0.1, 0.15) is 18.2 Å². The Hall–Kier alpha value is -2.84. The Morgan fingerprint density at radius 1 is 1.24 bits per heavy atom. The molecule has 2 rings (SSSR count). The lowest BCUT2D eigenvalue weighted by molar-refractivity contribution is -0.115. The monoisotopic (exact) mass is 282 g/mol. The number of carbonyl (C=O) groups excluding carboxylic acids is 1. The fraction of sp³-hybridized carbons (Fsp3) is 0.125. The molecule has 0 radical (unpaired) electrons. The van der Waals surface area contributed by atoms with Gasteiger partial charge in [0, 0.05) is 11.8 Å². The van der Waals surface area contributed by atoms with Crippen LogP contribution < -0.4 is 5.32 Å². The summed E-state index contributed by atoms with van der Waals surface area (Å²) < 4.78 is 0. The van der Waals surface area contributed by atoms with Gasteiger partial charge in [0.2, 0.25) is 5.91 Å². The lowest BCUT2D eigenvalue weighted by Crippen LogP contribution is -2.15. The molecule has 1 aromatic carbocycles. The number of rotatable bonds is 3. The number of anilines is 1. The summed E-state index contributed by atoms with van der Waals surface area (Å²) in [5.41, 5.74) is 1.46. The van der Waals surface area contributed by atoms with Gasteiger partial charge in [0.25, 0.3) is 0 Å². The highest BCUT2D eigenvalue weighted by Crippen LogP contribution is 2.11. The minimum Gasteiger partial charge on any atom is -0.508 e. The van der Waals surface area contributed by atoms with Crippen LogP contribution in [0.5, 0.6) is 5.75 Å². The average molecular weight is 282 g/mol.